The molecular weight excluding hydrogens is 432 g/mol. The van der Waals surface area contributed by atoms with Crippen molar-refractivity contribution in [2.75, 3.05) is 13.1 Å². The molecule has 1 fully saturated rings. The van der Waals surface area contributed by atoms with Gasteiger partial charge in [0.15, 0.2) is 0 Å². The van der Waals surface area contributed by atoms with Crippen molar-refractivity contribution in [2.24, 2.45) is 5.92 Å². The SMILES string of the molecule is O=C(OCc1ccc([N+](=O)[O-])cc1)C1CCN(S(=O)(=O)c2ccc3c(c2)CCCC3)CC1. The molecule has 1 aliphatic carbocycles. The first-order valence-corrected chi connectivity index (χ1v) is 12.3. The van der Waals surface area contributed by atoms with E-state index in [1.807, 2.05) is 12.1 Å². The summed E-state index contributed by atoms with van der Waals surface area (Å²) in [7, 11) is -3.58. The van der Waals surface area contributed by atoms with Gasteiger partial charge in [-0.1, -0.05) is 6.07 Å². The van der Waals surface area contributed by atoms with E-state index in [0.717, 1.165) is 31.2 Å². The smallest absolute Gasteiger partial charge is 0.309 e. The molecule has 0 atom stereocenters. The number of nitrogens with zero attached hydrogens (tertiary/aromatic N) is 2. The van der Waals surface area contributed by atoms with E-state index in [0.29, 0.717) is 23.3 Å². The lowest BCUT2D eigenvalue weighted by molar-refractivity contribution is -0.384. The molecule has 4 rings (SSSR count). The summed E-state index contributed by atoms with van der Waals surface area (Å²) in [4.78, 5) is 23.0. The molecule has 1 aliphatic heterocycles. The second kappa shape index (κ2) is 9.38. The summed E-state index contributed by atoms with van der Waals surface area (Å²) in [6.45, 7) is 0.581. The van der Waals surface area contributed by atoms with Gasteiger partial charge in [-0.05, 0) is 79.5 Å². The molecule has 1 heterocycles. The molecule has 0 aromatic heterocycles. The molecule has 9 heteroatoms. The number of nitro benzene ring substituents is 1. The van der Waals surface area contributed by atoms with Crippen molar-refractivity contribution >= 4 is 21.7 Å². The molecule has 32 heavy (non-hydrogen) atoms. The highest BCUT2D eigenvalue weighted by Crippen LogP contribution is 2.28. The maximum Gasteiger partial charge on any atom is 0.309 e. The number of hydrogen-bond acceptors (Lipinski definition) is 6. The molecule has 8 nitrogen and oxygen atoms in total. The zero-order valence-electron chi connectivity index (χ0n) is 17.7. The Hall–Kier alpha value is -2.78. The zero-order chi connectivity index (χ0) is 22.7. The highest BCUT2D eigenvalue weighted by molar-refractivity contribution is 7.89. The number of hydrogen-bond donors (Lipinski definition) is 0. The normalized spacial score (nSPS) is 17.5. The predicted octanol–water partition coefficient (Wildman–Crippen LogP) is 3.62. The van der Waals surface area contributed by atoms with Gasteiger partial charge in [-0.3, -0.25) is 14.9 Å². The summed E-state index contributed by atoms with van der Waals surface area (Å²) in [6.07, 6.45) is 4.97. The van der Waals surface area contributed by atoms with Gasteiger partial charge in [-0.2, -0.15) is 4.31 Å². The molecule has 0 saturated carbocycles. The van der Waals surface area contributed by atoms with Crippen molar-refractivity contribution in [3.63, 3.8) is 0 Å². The Kier molecular flexibility index (Phi) is 6.57. The number of nitro groups is 1. The van der Waals surface area contributed by atoms with E-state index < -0.39 is 14.9 Å². The van der Waals surface area contributed by atoms with Gasteiger partial charge in [-0.15, -0.1) is 0 Å². The van der Waals surface area contributed by atoms with Gasteiger partial charge < -0.3 is 4.74 Å². The lowest BCUT2D eigenvalue weighted by Gasteiger charge is -2.30. The van der Waals surface area contributed by atoms with Crippen LogP contribution in [0.4, 0.5) is 5.69 Å². The molecule has 0 amide bonds. The number of carbonyl (C=O) groups is 1. The first-order valence-electron chi connectivity index (χ1n) is 10.9. The van der Waals surface area contributed by atoms with Crippen molar-refractivity contribution in [1.82, 2.24) is 4.31 Å². The number of benzene rings is 2. The average Bonchev–Trinajstić information content (AvgIpc) is 2.82. The summed E-state index contributed by atoms with van der Waals surface area (Å²) in [6, 6.07) is 11.3. The Morgan fingerprint density at radius 3 is 2.34 bits per heavy atom. The van der Waals surface area contributed by atoms with Crippen LogP contribution in [0.25, 0.3) is 0 Å². The van der Waals surface area contributed by atoms with E-state index in [1.165, 1.54) is 22.0 Å². The number of piperidine rings is 1. The fraction of sp³-hybridized carbons (Fsp3) is 0.435. The number of carbonyl (C=O) groups excluding carboxylic acids is 1. The van der Waals surface area contributed by atoms with Crippen molar-refractivity contribution in [1.29, 1.82) is 0 Å². The molecule has 2 aliphatic rings. The van der Waals surface area contributed by atoms with E-state index in [9.17, 15) is 23.3 Å². The van der Waals surface area contributed by atoms with Gasteiger partial charge in [0.05, 0.1) is 15.7 Å². The third-order valence-corrected chi connectivity index (χ3v) is 8.17. The first kappa shape index (κ1) is 22.4. The van der Waals surface area contributed by atoms with Crippen LogP contribution in [0.3, 0.4) is 0 Å². The van der Waals surface area contributed by atoms with Crippen LogP contribution in [-0.4, -0.2) is 36.7 Å². The lowest BCUT2D eigenvalue weighted by atomic mass is 9.92. The van der Waals surface area contributed by atoms with Crippen molar-refractivity contribution < 1.29 is 22.9 Å². The summed E-state index contributed by atoms with van der Waals surface area (Å²) >= 11 is 0. The van der Waals surface area contributed by atoms with Crippen molar-refractivity contribution in [3.05, 3.63) is 69.3 Å². The predicted molar refractivity (Wildman–Crippen MR) is 117 cm³/mol. The minimum Gasteiger partial charge on any atom is -0.461 e. The van der Waals surface area contributed by atoms with E-state index in [2.05, 4.69) is 0 Å². The second-order valence-corrected chi connectivity index (χ2v) is 10.3. The van der Waals surface area contributed by atoms with Gasteiger partial charge >= 0.3 is 5.97 Å². The second-order valence-electron chi connectivity index (χ2n) is 8.35. The van der Waals surface area contributed by atoms with E-state index >= 15 is 0 Å². The van der Waals surface area contributed by atoms with Crippen LogP contribution >= 0.6 is 0 Å². The maximum atomic E-state index is 13.1. The molecule has 0 radical (unpaired) electrons. The third kappa shape index (κ3) is 4.83. The molecular formula is C23H26N2O6S. The number of sulfonamides is 1. The summed E-state index contributed by atoms with van der Waals surface area (Å²) in [5.41, 5.74) is 3.01. The maximum absolute atomic E-state index is 13.1. The lowest BCUT2D eigenvalue weighted by Crippen LogP contribution is -2.40. The van der Waals surface area contributed by atoms with Crippen molar-refractivity contribution in [2.45, 2.75) is 50.0 Å². The van der Waals surface area contributed by atoms with Gasteiger partial charge in [-0.25, -0.2) is 8.42 Å². The fourth-order valence-corrected chi connectivity index (χ4v) is 5.86. The number of fused-ring (bicyclic) bond motifs is 1. The number of aryl methyl sites for hydroxylation is 2. The highest BCUT2D eigenvalue weighted by atomic mass is 32.2. The van der Waals surface area contributed by atoms with Gasteiger partial charge in [0.25, 0.3) is 5.69 Å². The largest absolute Gasteiger partial charge is 0.461 e. The average molecular weight is 459 g/mol. The Morgan fingerprint density at radius 2 is 1.69 bits per heavy atom. The molecule has 2 aromatic rings. The Labute approximate surface area is 187 Å². The zero-order valence-corrected chi connectivity index (χ0v) is 18.6. The third-order valence-electron chi connectivity index (χ3n) is 6.27. The standard InChI is InChI=1S/C23H26N2O6S/c26-23(31-16-17-5-8-21(9-6-17)25(27)28)19-11-13-24(14-12-19)32(29,30)22-10-7-18-3-1-2-4-20(18)15-22/h5-10,15,19H,1-4,11-14,16H2. The van der Waals surface area contributed by atoms with Gasteiger partial charge in [0.2, 0.25) is 10.0 Å². The molecule has 0 bridgehead atoms. The molecule has 0 N–H and O–H groups in total. The Balaban J connectivity index is 1.32. The number of esters is 1. The van der Waals surface area contributed by atoms with Gasteiger partial charge in [0, 0.05) is 25.2 Å². The Bertz CT molecular complexity index is 1110. The molecule has 0 spiro atoms. The summed E-state index contributed by atoms with van der Waals surface area (Å²) in [5.74, 6) is -0.725. The van der Waals surface area contributed by atoms with Crippen LogP contribution in [0, 0.1) is 16.0 Å². The van der Waals surface area contributed by atoms with Crippen LogP contribution in [-0.2, 0) is 39.0 Å². The fourth-order valence-electron chi connectivity index (χ4n) is 4.34. The molecule has 2 aromatic carbocycles. The highest BCUT2D eigenvalue weighted by Gasteiger charge is 2.33. The van der Waals surface area contributed by atoms with Crippen LogP contribution < -0.4 is 0 Å². The molecule has 1 saturated heterocycles. The number of non-ortho nitro benzene ring substituents is 1. The van der Waals surface area contributed by atoms with Crippen LogP contribution in [0.1, 0.15) is 42.4 Å². The van der Waals surface area contributed by atoms with E-state index in [4.69, 9.17) is 4.74 Å². The molecule has 0 unspecified atom stereocenters. The minimum atomic E-state index is -3.58. The minimum absolute atomic E-state index is 0.0208. The van der Waals surface area contributed by atoms with Crippen LogP contribution in [0.2, 0.25) is 0 Å². The number of ether oxygens (including phenoxy) is 1. The van der Waals surface area contributed by atoms with E-state index in [-0.39, 0.29) is 37.3 Å². The van der Waals surface area contributed by atoms with Crippen LogP contribution in [0.5, 0.6) is 0 Å². The monoisotopic (exact) mass is 458 g/mol. The number of rotatable bonds is 6. The topological polar surface area (TPSA) is 107 Å². The first-order chi connectivity index (χ1) is 15.3. The van der Waals surface area contributed by atoms with Crippen LogP contribution in [0.15, 0.2) is 47.4 Å². The Morgan fingerprint density at radius 1 is 1.03 bits per heavy atom. The quantitative estimate of drug-likeness (QED) is 0.372. The van der Waals surface area contributed by atoms with Gasteiger partial charge in [0.1, 0.15) is 6.61 Å². The molecule has 170 valence electrons. The van der Waals surface area contributed by atoms with Crippen molar-refractivity contribution in [3.8, 4) is 0 Å². The summed E-state index contributed by atoms with van der Waals surface area (Å²) in [5, 5.41) is 10.7. The summed E-state index contributed by atoms with van der Waals surface area (Å²) < 4.78 is 33.0. The van der Waals surface area contributed by atoms with E-state index in [1.54, 1.807) is 18.2 Å².